The van der Waals surface area contributed by atoms with Gasteiger partial charge in [-0.05, 0) is 38.1 Å². The van der Waals surface area contributed by atoms with E-state index in [-0.39, 0.29) is 24.7 Å². The molecule has 160 valence electrons. The molecule has 0 aromatic heterocycles. The van der Waals surface area contributed by atoms with Gasteiger partial charge < -0.3 is 28.4 Å². The van der Waals surface area contributed by atoms with E-state index in [2.05, 4.69) is 18.0 Å². The zero-order chi connectivity index (χ0) is 21.0. The number of ether oxygens (including phenoxy) is 6. The van der Waals surface area contributed by atoms with Gasteiger partial charge in [0.1, 0.15) is 17.4 Å². The van der Waals surface area contributed by atoms with E-state index in [9.17, 15) is 4.79 Å². The van der Waals surface area contributed by atoms with E-state index < -0.39 is 12.1 Å². The molecular formula is C22H25NO7. The molecule has 0 spiro atoms. The van der Waals surface area contributed by atoms with Gasteiger partial charge in [0.15, 0.2) is 17.3 Å². The Balaban J connectivity index is 1.61. The van der Waals surface area contributed by atoms with Crippen molar-refractivity contribution >= 4 is 5.97 Å². The number of nitrogens with zero attached hydrogens (tertiary/aromatic N) is 1. The molecule has 0 saturated carbocycles. The van der Waals surface area contributed by atoms with Crippen molar-refractivity contribution in [3.05, 3.63) is 46.6 Å². The van der Waals surface area contributed by atoms with E-state index >= 15 is 0 Å². The lowest BCUT2D eigenvalue weighted by Gasteiger charge is -2.46. The quantitative estimate of drug-likeness (QED) is 0.695. The number of cyclic esters (lactones) is 1. The summed E-state index contributed by atoms with van der Waals surface area (Å²) in [6.07, 6.45) is 2.61. The summed E-state index contributed by atoms with van der Waals surface area (Å²) in [5.74, 6) is 2.81. The molecule has 5 rings (SSSR count). The van der Waals surface area contributed by atoms with Gasteiger partial charge in [-0.1, -0.05) is 6.07 Å². The first-order chi connectivity index (χ1) is 14.6. The van der Waals surface area contributed by atoms with Crippen LogP contribution in [0.3, 0.4) is 0 Å². The zero-order valence-corrected chi connectivity index (χ0v) is 17.5. The second-order valence-corrected chi connectivity index (χ2v) is 7.88. The van der Waals surface area contributed by atoms with E-state index in [1.54, 1.807) is 14.2 Å². The Morgan fingerprint density at radius 2 is 1.93 bits per heavy atom. The van der Waals surface area contributed by atoms with Gasteiger partial charge in [-0.3, -0.25) is 4.90 Å². The predicted octanol–water partition coefficient (Wildman–Crippen LogP) is 2.61. The molecule has 1 aromatic carbocycles. The summed E-state index contributed by atoms with van der Waals surface area (Å²) < 4.78 is 34.0. The molecule has 8 heteroatoms. The van der Waals surface area contributed by atoms with Crippen LogP contribution in [0.4, 0.5) is 0 Å². The molecule has 0 amide bonds. The Labute approximate surface area is 174 Å². The molecule has 1 aliphatic carbocycles. The summed E-state index contributed by atoms with van der Waals surface area (Å²) in [6.45, 7) is 1.05. The van der Waals surface area contributed by atoms with E-state index in [4.69, 9.17) is 28.4 Å². The fraction of sp³-hybridized carbons (Fsp3) is 0.500. The molecule has 4 atom stereocenters. The van der Waals surface area contributed by atoms with E-state index in [1.807, 2.05) is 12.1 Å². The van der Waals surface area contributed by atoms with Crippen LogP contribution in [0.15, 0.2) is 35.5 Å². The van der Waals surface area contributed by atoms with Crippen molar-refractivity contribution in [2.75, 3.05) is 41.7 Å². The molecule has 2 unspecified atom stereocenters. The number of fused-ring (bicyclic) bond motifs is 3. The van der Waals surface area contributed by atoms with Gasteiger partial charge in [0.2, 0.25) is 12.6 Å². The van der Waals surface area contributed by atoms with Crippen molar-refractivity contribution in [1.29, 1.82) is 0 Å². The molecule has 3 aliphatic heterocycles. The third-order valence-corrected chi connectivity index (χ3v) is 6.54. The van der Waals surface area contributed by atoms with Gasteiger partial charge in [0.05, 0.1) is 27.4 Å². The number of carbonyl (C=O) groups is 1. The second-order valence-electron chi connectivity index (χ2n) is 7.88. The van der Waals surface area contributed by atoms with Gasteiger partial charge in [-0.25, -0.2) is 4.79 Å². The van der Waals surface area contributed by atoms with Crippen LogP contribution in [-0.4, -0.2) is 58.6 Å². The number of hydrogen-bond acceptors (Lipinski definition) is 8. The first-order valence-corrected chi connectivity index (χ1v) is 10.0. The van der Waals surface area contributed by atoms with Crippen molar-refractivity contribution in [2.45, 2.75) is 18.6 Å². The molecule has 2 saturated heterocycles. The molecule has 0 N–H and O–H groups in total. The number of piperidine rings is 1. The number of esters is 1. The van der Waals surface area contributed by atoms with Crippen molar-refractivity contribution in [1.82, 2.24) is 4.90 Å². The number of rotatable bonds is 4. The summed E-state index contributed by atoms with van der Waals surface area (Å²) in [4.78, 5) is 15.1. The van der Waals surface area contributed by atoms with Gasteiger partial charge in [-0.15, -0.1) is 0 Å². The third kappa shape index (κ3) is 2.59. The zero-order valence-electron chi connectivity index (χ0n) is 17.5. The van der Waals surface area contributed by atoms with Crippen LogP contribution in [0.5, 0.6) is 11.5 Å². The second kappa shape index (κ2) is 7.12. The van der Waals surface area contributed by atoms with Gasteiger partial charge in [0.25, 0.3) is 0 Å². The largest absolute Gasteiger partial charge is 0.497 e. The topological polar surface area (TPSA) is 75.7 Å². The van der Waals surface area contributed by atoms with E-state index in [1.165, 1.54) is 7.11 Å². The molecule has 2 fully saturated rings. The van der Waals surface area contributed by atoms with Crippen LogP contribution in [0.25, 0.3) is 0 Å². The maximum absolute atomic E-state index is 12.9. The lowest BCUT2D eigenvalue weighted by molar-refractivity contribution is -0.0318. The van der Waals surface area contributed by atoms with Crippen LogP contribution in [0.2, 0.25) is 0 Å². The van der Waals surface area contributed by atoms with Gasteiger partial charge >= 0.3 is 5.97 Å². The van der Waals surface area contributed by atoms with E-state index in [0.717, 1.165) is 30.0 Å². The Morgan fingerprint density at radius 3 is 2.67 bits per heavy atom. The molecule has 30 heavy (non-hydrogen) atoms. The number of likely N-dealkylation sites (N-methyl/N-ethyl adjacent to an activating group) is 1. The SMILES string of the molecule is COC1=C2OCOC2=CC2CCN(C)[C@@H]([C@H]3OC(=O)c4c3ccc(OC)c4OC)C12. The number of allylic oxidation sites excluding steroid dienone is 1. The normalized spacial score (nSPS) is 29.7. The minimum absolute atomic E-state index is 0.0361. The summed E-state index contributed by atoms with van der Waals surface area (Å²) >= 11 is 0. The summed E-state index contributed by atoms with van der Waals surface area (Å²) in [5.41, 5.74) is 1.23. The standard InChI is InChI=1S/C22H25NO7/c1-23-8-7-11-9-14-20(29-10-28-14)21(27-4)15(11)17(23)18-12-5-6-13(25-2)19(26-3)16(12)22(24)30-18/h5-6,9,11,15,17-18H,7-8,10H2,1-4H3/t11?,15?,17-,18+/m1/s1. The molecule has 0 radical (unpaired) electrons. The van der Waals surface area contributed by atoms with Crippen molar-refractivity contribution in [3.8, 4) is 11.5 Å². The summed E-state index contributed by atoms with van der Waals surface area (Å²) in [5, 5.41) is 0. The fourth-order valence-corrected chi connectivity index (χ4v) is 5.23. The summed E-state index contributed by atoms with van der Waals surface area (Å²) in [6, 6.07) is 3.58. The van der Waals surface area contributed by atoms with Crippen LogP contribution in [-0.2, 0) is 18.9 Å². The Morgan fingerprint density at radius 1 is 1.10 bits per heavy atom. The number of likely N-dealkylation sites (tertiary alicyclic amines) is 1. The molecule has 8 nitrogen and oxygen atoms in total. The molecule has 1 aromatic rings. The monoisotopic (exact) mass is 415 g/mol. The minimum atomic E-state index is -0.465. The fourth-order valence-electron chi connectivity index (χ4n) is 5.23. The number of methoxy groups -OCH3 is 3. The first kappa shape index (κ1) is 19.1. The maximum Gasteiger partial charge on any atom is 0.343 e. The molecule has 0 bridgehead atoms. The average Bonchev–Trinajstić information content (AvgIpc) is 3.35. The lowest BCUT2D eigenvalue weighted by Crippen LogP contribution is -2.51. The van der Waals surface area contributed by atoms with Crippen molar-refractivity contribution < 1.29 is 33.2 Å². The highest BCUT2D eigenvalue weighted by Gasteiger charge is 2.52. The predicted molar refractivity (Wildman–Crippen MR) is 105 cm³/mol. The highest BCUT2D eigenvalue weighted by Crippen LogP contribution is 2.51. The van der Waals surface area contributed by atoms with Crippen LogP contribution >= 0.6 is 0 Å². The first-order valence-electron chi connectivity index (χ1n) is 10.0. The average molecular weight is 415 g/mol. The van der Waals surface area contributed by atoms with E-state index in [0.29, 0.717) is 22.8 Å². The van der Waals surface area contributed by atoms with Crippen LogP contribution in [0.1, 0.15) is 28.4 Å². The maximum atomic E-state index is 12.9. The Kier molecular flexibility index (Phi) is 4.54. The Bertz CT molecular complexity index is 953. The summed E-state index contributed by atoms with van der Waals surface area (Å²) in [7, 11) is 6.78. The molecule has 3 heterocycles. The highest BCUT2D eigenvalue weighted by molar-refractivity contribution is 5.98. The minimum Gasteiger partial charge on any atom is -0.497 e. The van der Waals surface area contributed by atoms with Crippen molar-refractivity contribution in [3.63, 3.8) is 0 Å². The Hall–Kier alpha value is -2.87. The number of carbonyl (C=O) groups excluding carboxylic acids is 1. The van der Waals surface area contributed by atoms with Gasteiger partial charge in [0, 0.05) is 11.5 Å². The smallest absolute Gasteiger partial charge is 0.343 e. The lowest BCUT2D eigenvalue weighted by atomic mass is 9.72. The molecule has 4 aliphatic rings. The third-order valence-electron chi connectivity index (χ3n) is 6.54. The van der Waals surface area contributed by atoms with Crippen LogP contribution < -0.4 is 9.47 Å². The number of benzene rings is 1. The number of hydrogen-bond donors (Lipinski definition) is 0. The molecular weight excluding hydrogens is 390 g/mol. The highest BCUT2D eigenvalue weighted by atomic mass is 16.7. The van der Waals surface area contributed by atoms with Gasteiger partial charge in [-0.2, -0.15) is 0 Å². The van der Waals surface area contributed by atoms with Crippen LogP contribution in [0, 0.1) is 11.8 Å². The van der Waals surface area contributed by atoms with Crippen molar-refractivity contribution in [2.24, 2.45) is 11.8 Å².